The van der Waals surface area contributed by atoms with E-state index in [-0.39, 0.29) is 23.8 Å². The summed E-state index contributed by atoms with van der Waals surface area (Å²) in [6.45, 7) is 15.0. The van der Waals surface area contributed by atoms with Crippen LogP contribution in [0.3, 0.4) is 0 Å². The molecule has 0 rings (SSSR count). The van der Waals surface area contributed by atoms with E-state index in [0.29, 0.717) is 79.3 Å². The van der Waals surface area contributed by atoms with Crippen molar-refractivity contribution in [2.45, 2.75) is 97.7 Å². The van der Waals surface area contributed by atoms with Crippen molar-refractivity contribution in [3.05, 3.63) is 0 Å². The van der Waals surface area contributed by atoms with E-state index in [0.717, 1.165) is 18.6 Å². The minimum atomic E-state index is -0.505. The zero-order valence-electron chi connectivity index (χ0n) is 27.1. The first-order valence-corrected chi connectivity index (χ1v) is 16.6. The van der Waals surface area contributed by atoms with E-state index in [2.05, 4.69) is 6.92 Å². The monoisotopic (exact) mass is 624 g/mol. The van der Waals surface area contributed by atoms with Crippen LogP contribution in [0.2, 0.25) is 0 Å². The van der Waals surface area contributed by atoms with Crippen LogP contribution in [0.5, 0.6) is 0 Å². The number of unbranched alkanes of at least 4 members (excludes halogenated alkanes) is 6. The normalized spacial score (nSPS) is 12.5. The Morgan fingerprint density at radius 1 is 0.595 bits per heavy atom. The van der Waals surface area contributed by atoms with Gasteiger partial charge in [0.2, 0.25) is 0 Å². The van der Waals surface area contributed by atoms with Crippen molar-refractivity contribution in [1.29, 1.82) is 0 Å². The van der Waals surface area contributed by atoms with E-state index in [9.17, 15) is 9.59 Å². The van der Waals surface area contributed by atoms with Gasteiger partial charge < -0.3 is 37.9 Å². The van der Waals surface area contributed by atoms with E-state index >= 15 is 0 Å². The van der Waals surface area contributed by atoms with Gasteiger partial charge in [0.1, 0.15) is 12.2 Å². The summed E-state index contributed by atoms with van der Waals surface area (Å²) in [6, 6.07) is 0. The van der Waals surface area contributed by atoms with Gasteiger partial charge in [-0.2, -0.15) is 0 Å². The molecule has 0 spiro atoms. The molecule has 0 fully saturated rings. The second-order valence-electron chi connectivity index (χ2n) is 11.0. The molecule has 1 unspecified atom stereocenters. The number of carbonyl (C=O) groups is 2. The average molecular weight is 625 g/mol. The molecule has 0 radical (unpaired) electrons. The van der Waals surface area contributed by atoms with Crippen LogP contribution in [0.25, 0.3) is 0 Å². The molecule has 0 saturated carbocycles. The van der Waals surface area contributed by atoms with Crippen molar-refractivity contribution in [2.75, 3.05) is 91.6 Å². The lowest BCUT2D eigenvalue weighted by Crippen LogP contribution is -2.27. The van der Waals surface area contributed by atoms with Gasteiger partial charge >= 0.3 is 5.97 Å². The van der Waals surface area contributed by atoms with Crippen molar-refractivity contribution < 1.29 is 47.5 Å². The molecular weight excluding hydrogens is 564 g/mol. The highest BCUT2D eigenvalue weighted by Crippen LogP contribution is 2.13. The van der Waals surface area contributed by atoms with Crippen molar-refractivity contribution in [3.8, 4) is 0 Å². The highest BCUT2D eigenvalue weighted by molar-refractivity contribution is 8.13. The molecule has 0 heterocycles. The number of ether oxygens (including phenoxy) is 8. The minimum absolute atomic E-state index is 0.0760. The molecule has 0 bridgehead atoms. The Balaban J connectivity index is 3.20. The quantitative estimate of drug-likeness (QED) is 0.0747. The molecule has 250 valence electrons. The van der Waals surface area contributed by atoms with Gasteiger partial charge in [-0.1, -0.05) is 50.3 Å². The molecule has 0 aliphatic rings. The van der Waals surface area contributed by atoms with Crippen molar-refractivity contribution in [2.24, 2.45) is 0 Å². The lowest BCUT2D eigenvalue weighted by molar-refractivity contribution is -0.160. The molecule has 42 heavy (non-hydrogen) atoms. The minimum Gasteiger partial charge on any atom is -0.458 e. The molecule has 11 heteroatoms. The molecule has 0 aromatic heterocycles. The Labute approximate surface area is 259 Å². The zero-order valence-corrected chi connectivity index (χ0v) is 27.9. The summed E-state index contributed by atoms with van der Waals surface area (Å²) in [5.74, 6) is 0.584. The van der Waals surface area contributed by atoms with Gasteiger partial charge in [-0.25, -0.2) is 4.79 Å². The van der Waals surface area contributed by atoms with Gasteiger partial charge in [0.25, 0.3) is 0 Å². The number of rotatable bonds is 31. The van der Waals surface area contributed by atoms with Crippen molar-refractivity contribution in [1.82, 2.24) is 0 Å². The van der Waals surface area contributed by atoms with Gasteiger partial charge in [-0.05, 0) is 40.5 Å². The zero-order chi connectivity index (χ0) is 31.2. The fraction of sp³-hybridized carbons (Fsp3) is 0.935. The molecule has 0 aromatic carbocycles. The first-order valence-electron chi connectivity index (χ1n) is 15.6. The summed E-state index contributed by atoms with van der Waals surface area (Å²) >= 11 is 1.44. The first kappa shape index (κ1) is 41.2. The summed E-state index contributed by atoms with van der Waals surface area (Å²) in [5, 5.41) is 0.224. The fourth-order valence-corrected chi connectivity index (χ4v) is 4.29. The molecule has 0 aliphatic heterocycles. The molecule has 10 nitrogen and oxygen atoms in total. The summed E-state index contributed by atoms with van der Waals surface area (Å²) < 4.78 is 43.6. The highest BCUT2D eigenvalue weighted by atomic mass is 32.2. The SMILES string of the molecule is CC(=O)SCCCCCCCCCC(C)OCCOCCOCCOCCOCCOCCOCC(=O)OC(C)(C)C. The Bertz CT molecular complexity index is 615. The first-order chi connectivity index (χ1) is 20.2. The van der Waals surface area contributed by atoms with Crippen LogP contribution in [0.15, 0.2) is 0 Å². The topological polar surface area (TPSA) is 108 Å². The van der Waals surface area contributed by atoms with Gasteiger partial charge in [0.15, 0.2) is 5.12 Å². The van der Waals surface area contributed by atoms with E-state index in [4.69, 9.17) is 37.9 Å². The largest absolute Gasteiger partial charge is 0.458 e. The van der Waals surface area contributed by atoms with Gasteiger partial charge in [0.05, 0.1) is 85.4 Å². The molecule has 0 aliphatic carbocycles. The summed E-state index contributed by atoms with van der Waals surface area (Å²) in [5.41, 5.74) is -0.505. The molecule has 0 amide bonds. The lowest BCUT2D eigenvalue weighted by Gasteiger charge is -2.19. The average Bonchev–Trinajstić information content (AvgIpc) is 2.91. The second kappa shape index (κ2) is 30.2. The maximum Gasteiger partial charge on any atom is 0.332 e. The summed E-state index contributed by atoms with van der Waals surface area (Å²) in [4.78, 5) is 22.4. The van der Waals surface area contributed by atoms with Crippen LogP contribution in [0, 0.1) is 0 Å². The third-order valence-electron chi connectivity index (χ3n) is 5.69. The summed E-state index contributed by atoms with van der Waals surface area (Å²) in [7, 11) is 0. The third kappa shape index (κ3) is 35.4. The Kier molecular flexibility index (Phi) is 29.7. The van der Waals surface area contributed by atoms with E-state index in [1.807, 2.05) is 20.8 Å². The van der Waals surface area contributed by atoms with Crippen LogP contribution in [-0.2, 0) is 47.5 Å². The van der Waals surface area contributed by atoms with Crippen LogP contribution in [-0.4, -0.2) is 114 Å². The lowest BCUT2D eigenvalue weighted by atomic mass is 10.1. The maximum atomic E-state index is 11.5. The number of hydrogen-bond acceptors (Lipinski definition) is 11. The third-order valence-corrected chi connectivity index (χ3v) is 6.59. The molecule has 1 atom stereocenters. The molecule has 0 saturated heterocycles. The van der Waals surface area contributed by atoms with Crippen molar-refractivity contribution in [3.63, 3.8) is 0 Å². The number of thioether (sulfide) groups is 1. The second-order valence-corrected chi connectivity index (χ2v) is 12.3. The summed E-state index contributed by atoms with van der Waals surface area (Å²) in [6.07, 6.45) is 10.0. The molecule has 0 aromatic rings. The highest BCUT2D eigenvalue weighted by Gasteiger charge is 2.15. The van der Waals surface area contributed by atoms with E-state index in [1.54, 1.807) is 6.92 Å². The van der Waals surface area contributed by atoms with Crippen LogP contribution in [0.4, 0.5) is 0 Å². The van der Waals surface area contributed by atoms with Gasteiger partial charge in [0, 0.05) is 12.7 Å². The van der Waals surface area contributed by atoms with Crippen LogP contribution < -0.4 is 0 Å². The molecular formula is C31H60O10S. The standard InChI is InChI=1S/C31H60O10S/c1-28(13-11-9-7-6-8-10-12-26-42-29(2)32)40-25-24-38-21-20-36-17-16-34-14-15-35-18-19-37-22-23-39-27-30(33)41-31(3,4)5/h28H,6-27H2,1-5H3. The predicted molar refractivity (Wildman–Crippen MR) is 166 cm³/mol. The molecule has 0 N–H and O–H groups in total. The smallest absolute Gasteiger partial charge is 0.332 e. The Morgan fingerprint density at radius 2 is 1.00 bits per heavy atom. The predicted octanol–water partition coefficient (Wildman–Crippen LogP) is 5.23. The Morgan fingerprint density at radius 3 is 1.45 bits per heavy atom. The fourth-order valence-electron chi connectivity index (χ4n) is 3.65. The van der Waals surface area contributed by atoms with Gasteiger partial charge in [-0.15, -0.1) is 0 Å². The number of esters is 1. The van der Waals surface area contributed by atoms with Gasteiger partial charge in [-0.3, -0.25) is 4.79 Å². The number of hydrogen-bond donors (Lipinski definition) is 0. The van der Waals surface area contributed by atoms with Crippen molar-refractivity contribution >= 4 is 22.8 Å². The van der Waals surface area contributed by atoms with Crippen LogP contribution in [0.1, 0.15) is 86.0 Å². The van der Waals surface area contributed by atoms with E-state index in [1.165, 1.54) is 50.3 Å². The van der Waals surface area contributed by atoms with Crippen LogP contribution >= 0.6 is 11.8 Å². The maximum absolute atomic E-state index is 11.5. The Hall–Kier alpha value is -0.790. The van der Waals surface area contributed by atoms with E-state index < -0.39 is 5.60 Å². The number of carbonyl (C=O) groups excluding carboxylic acids is 2.